The molecule has 106 valence electrons. The molecule has 0 saturated heterocycles. The van der Waals surface area contributed by atoms with Gasteiger partial charge in [0.05, 0.1) is 18.4 Å². The number of aromatic nitrogens is 2. The summed E-state index contributed by atoms with van der Waals surface area (Å²) in [5.41, 5.74) is 1.64. The number of halogens is 1. The van der Waals surface area contributed by atoms with Crippen molar-refractivity contribution in [2.75, 3.05) is 11.9 Å². The summed E-state index contributed by atoms with van der Waals surface area (Å²) in [6, 6.07) is 8.97. The van der Waals surface area contributed by atoms with Crippen molar-refractivity contribution in [2.24, 2.45) is 5.92 Å². The fourth-order valence-corrected chi connectivity index (χ4v) is 1.86. The van der Waals surface area contributed by atoms with Gasteiger partial charge in [0.25, 0.3) is 5.56 Å². The molecule has 0 aliphatic rings. The molecule has 0 atom stereocenters. The third kappa shape index (κ3) is 4.10. The summed E-state index contributed by atoms with van der Waals surface area (Å²) in [5, 5.41) is 8.06. The standard InChI is InChI=1S/C15H18ClN3O/c1-11(2)8-17-14-7-15(20)19(18-9-14)10-12-3-5-13(16)6-4-12/h3-7,9,11,17H,8,10H2,1-2H3. The Hall–Kier alpha value is -1.81. The molecule has 0 amide bonds. The fourth-order valence-electron chi connectivity index (χ4n) is 1.73. The molecule has 0 spiro atoms. The van der Waals surface area contributed by atoms with Gasteiger partial charge in [-0.1, -0.05) is 37.6 Å². The average Bonchev–Trinajstić information content (AvgIpc) is 2.41. The van der Waals surface area contributed by atoms with Gasteiger partial charge in [0.2, 0.25) is 0 Å². The van der Waals surface area contributed by atoms with Gasteiger partial charge in [0.15, 0.2) is 0 Å². The lowest BCUT2D eigenvalue weighted by molar-refractivity contribution is 0.637. The highest BCUT2D eigenvalue weighted by Crippen LogP contribution is 2.10. The topological polar surface area (TPSA) is 46.9 Å². The molecule has 0 bridgehead atoms. The zero-order valence-corrected chi connectivity index (χ0v) is 12.4. The summed E-state index contributed by atoms with van der Waals surface area (Å²) in [7, 11) is 0. The molecule has 0 saturated carbocycles. The Bertz CT molecular complexity index is 620. The molecule has 2 aromatic rings. The highest BCUT2D eigenvalue weighted by atomic mass is 35.5. The van der Waals surface area contributed by atoms with Crippen LogP contribution in [-0.2, 0) is 6.54 Å². The van der Waals surface area contributed by atoms with Crippen LogP contribution < -0.4 is 10.9 Å². The van der Waals surface area contributed by atoms with E-state index in [9.17, 15) is 4.79 Å². The molecule has 0 fully saturated rings. The summed E-state index contributed by atoms with van der Waals surface area (Å²) in [6.45, 7) is 5.49. The van der Waals surface area contributed by atoms with E-state index < -0.39 is 0 Å². The molecule has 5 heteroatoms. The highest BCUT2D eigenvalue weighted by Gasteiger charge is 2.02. The highest BCUT2D eigenvalue weighted by molar-refractivity contribution is 6.30. The minimum Gasteiger partial charge on any atom is -0.383 e. The Morgan fingerprint density at radius 2 is 2.00 bits per heavy atom. The Labute approximate surface area is 123 Å². The Balaban J connectivity index is 2.09. The molecule has 1 aromatic heterocycles. The minimum absolute atomic E-state index is 0.117. The number of hydrogen-bond acceptors (Lipinski definition) is 3. The molecule has 20 heavy (non-hydrogen) atoms. The van der Waals surface area contributed by atoms with Crippen molar-refractivity contribution in [3.63, 3.8) is 0 Å². The van der Waals surface area contributed by atoms with E-state index in [0.717, 1.165) is 17.8 Å². The van der Waals surface area contributed by atoms with Gasteiger partial charge in [-0.3, -0.25) is 4.79 Å². The lowest BCUT2D eigenvalue weighted by Crippen LogP contribution is -2.23. The van der Waals surface area contributed by atoms with Crippen LogP contribution in [0.1, 0.15) is 19.4 Å². The zero-order valence-electron chi connectivity index (χ0n) is 11.6. The maximum absolute atomic E-state index is 12.0. The van der Waals surface area contributed by atoms with Crippen LogP contribution in [0.3, 0.4) is 0 Å². The summed E-state index contributed by atoms with van der Waals surface area (Å²) in [4.78, 5) is 12.0. The average molecular weight is 292 g/mol. The number of nitrogens with one attached hydrogen (secondary N) is 1. The Kier molecular flexibility index (Phi) is 4.79. The number of hydrogen-bond donors (Lipinski definition) is 1. The smallest absolute Gasteiger partial charge is 0.269 e. The maximum atomic E-state index is 12.0. The van der Waals surface area contributed by atoms with Crippen molar-refractivity contribution < 1.29 is 0 Å². The quantitative estimate of drug-likeness (QED) is 0.921. The second-order valence-corrected chi connectivity index (χ2v) is 5.58. The first-order valence-corrected chi connectivity index (χ1v) is 6.98. The van der Waals surface area contributed by atoms with E-state index in [1.807, 2.05) is 12.1 Å². The monoisotopic (exact) mass is 291 g/mol. The lowest BCUT2D eigenvalue weighted by atomic mass is 10.2. The van der Waals surface area contributed by atoms with Gasteiger partial charge in [-0.15, -0.1) is 0 Å². The van der Waals surface area contributed by atoms with Gasteiger partial charge >= 0.3 is 0 Å². The van der Waals surface area contributed by atoms with E-state index in [0.29, 0.717) is 17.5 Å². The Morgan fingerprint density at radius 1 is 1.30 bits per heavy atom. The largest absolute Gasteiger partial charge is 0.383 e. The SMILES string of the molecule is CC(C)CNc1cnn(Cc2ccc(Cl)cc2)c(=O)c1. The molecule has 1 heterocycles. The van der Waals surface area contributed by atoms with Crippen molar-refractivity contribution in [3.05, 3.63) is 57.5 Å². The molecule has 0 radical (unpaired) electrons. The van der Waals surface area contributed by atoms with Gasteiger partial charge < -0.3 is 5.32 Å². The van der Waals surface area contributed by atoms with E-state index in [1.54, 1.807) is 24.4 Å². The van der Waals surface area contributed by atoms with Gasteiger partial charge in [-0.05, 0) is 23.6 Å². The van der Waals surface area contributed by atoms with Crippen molar-refractivity contribution in [2.45, 2.75) is 20.4 Å². The van der Waals surface area contributed by atoms with E-state index in [2.05, 4.69) is 24.3 Å². The molecule has 0 aliphatic carbocycles. The van der Waals surface area contributed by atoms with Gasteiger partial charge in [0.1, 0.15) is 0 Å². The van der Waals surface area contributed by atoms with Crippen LogP contribution in [0.15, 0.2) is 41.3 Å². The van der Waals surface area contributed by atoms with Crippen LogP contribution in [0.25, 0.3) is 0 Å². The molecule has 0 unspecified atom stereocenters. The summed E-state index contributed by atoms with van der Waals surface area (Å²) in [6.07, 6.45) is 1.68. The van der Waals surface area contributed by atoms with Gasteiger partial charge in [0, 0.05) is 17.6 Å². The van der Waals surface area contributed by atoms with Crippen molar-refractivity contribution >= 4 is 17.3 Å². The lowest BCUT2D eigenvalue weighted by Gasteiger charge is -2.10. The molecule has 1 aromatic carbocycles. The number of benzene rings is 1. The van der Waals surface area contributed by atoms with Crippen LogP contribution in [0, 0.1) is 5.92 Å². The van der Waals surface area contributed by atoms with Gasteiger partial charge in [-0.2, -0.15) is 5.10 Å². The minimum atomic E-state index is -0.117. The second kappa shape index (κ2) is 6.57. The van der Waals surface area contributed by atoms with Crippen LogP contribution in [-0.4, -0.2) is 16.3 Å². The predicted octanol–water partition coefficient (Wildman–Crippen LogP) is 3.01. The van der Waals surface area contributed by atoms with Crippen molar-refractivity contribution in [1.82, 2.24) is 9.78 Å². The summed E-state index contributed by atoms with van der Waals surface area (Å²) in [5.74, 6) is 0.520. The first-order valence-electron chi connectivity index (χ1n) is 6.60. The Morgan fingerprint density at radius 3 is 2.60 bits per heavy atom. The van der Waals surface area contributed by atoms with Crippen LogP contribution in [0.4, 0.5) is 5.69 Å². The van der Waals surface area contributed by atoms with E-state index in [1.165, 1.54) is 4.68 Å². The van der Waals surface area contributed by atoms with Gasteiger partial charge in [-0.25, -0.2) is 4.68 Å². The second-order valence-electron chi connectivity index (χ2n) is 5.14. The third-order valence-corrected chi connectivity index (χ3v) is 3.08. The first-order chi connectivity index (χ1) is 9.54. The first kappa shape index (κ1) is 14.6. The number of rotatable bonds is 5. The van der Waals surface area contributed by atoms with Crippen LogP contribution >= 0.6 is 11.6 Å². The normalized spacial score (nSPS) is 10.8. The maximum Gasteiger partial charge on any atom is 0.269 e. The molecule has 1 N–H and O–H groups in total. The van der Waals surface area contributed by atoms with E-state index in [4.69, 9.17) is 11.6 Å². The van der Waals surface area contributed by atoms with Crippen LogP contribution in [0.2, 0.25) is 5.02 Å². The van der Waals surface area contributed by atoms with Crippen LogP contribution in [0.5, 0.6) is 0 Å². The summed E-state index contributed by atoms with van der Waals surface area (Å²) >= 11 is 5.83. The molecular formula is C15H18ClN3O. The van der Waals surface area contributed by atoms with Crippen molar-refractivity contribution in [3.8, 4) is 0 Å². The number of anilines is 1. The molecule has 0 aliphatic heterocycles. The van der Waals surface area contributed by atoms with E-state index in [-0.39, 0.29) is 5.56 Å². The zero-order chi connectivity index (χ0) is 14.5. The van der Waals surface area contributed by atoms with E-state index >= 15 is 0 Å². The predicted molar refractivity (Wildman–Crippen MR) is 82.4 cm³/mol. The molecule has 4 nitrogen and oxygen atoms in total. The third-order valence-electron chi connectivity index (χ3n) is 2.83. The van der Waals surface area contributed by atoms with Crippen molar-refractivity contribution in [1.29, 1.82) is 0 Å². The summed E-state index contributed by atoms with van der Waals surface area (Å²) < 4.78 is 1.43. The fraction of sp³-hybridized carbons (Fsp3) is 0.333. The molecular weight excluding hydrogens is 274 g/mol. The number of nitrogens with zero attached hydrogens (tertiary/aromatic N) is 2. The molecule has 2 rings (SSSR count).